The predicted molar refractivity (Wildman–Crippen MR) is 85.5 cm³/mol. The lowest BCUT2D eigenvalue weighted by Gasteiger charge is -2.10. The molecule has 0 amide bonds. The van der Waals surface area contributed by atoms with E-state index in [2.05, 4.69) is 15.1 Å². The van der Waals surface area contributed by atoms with E-state index in [0.29, 0.717) is 0 Å². The predicted octanol–water partition coefficient (Wildman–Crippen LogP) is 2.61. The highest BCUT2D eigenvalue weighted by Crippen LogP contribution is 2.30. The molecule has 138 valence electrons. The molecule has 0 N–H and O–H groups in total. The van der Waals surface area contributed by atoms with Gasteiger partial charge in [0.2, 0.25) is 5.88 Å². The largest absolute Gasteiger partial charge is 0.481 e. The highest BCUT2D eigenvalue weighted by atomic mass is 32.2. The summed E-state index contributed by atoms with van der Waals surface area (Å²) >= 11 is 0. The summed E-state index contributed by atoms with van der Waals surface area (Å²) in [6.45, 7) is 1.48. The zero-order valence-electron chi connectivity index (χ0n) is 13.6. The maximum atomic E-state index is 12.8. The first-order valence-corrected chi connectivity index (χ1v) is 9.02. The first-order chi connectivity index (χ1) is 12.2. The van der Waals surface area contributed by atoms with E-state index in [-0.39, 0.29) is 33.6 Å². The molecule has 0 aliphatic heterocycles. The molecule has 7 nitrogen and oxygen atoms in total. The number of hydrogen-bond acceptors (Lipinski definition) is 6. The Morgan fingerprint density at radius 3 is 2.54 bits per heavy atom. The van der Waals surface area contributed by atoms with Crippen molar-refractivity contribution in [2.24, 2.45) is 0 Å². The van der Waals surface area contributed by atoms with Gasteiger partial charge in [-0.25, -0.2) is 22.9 Å². The quantitative estimate of drug-likeness (QED) is 0.685. The van der Waals surface area contributed by atoms with Crippen molar-refractivity contribution < 1.29 is 26.3 Å². The normalized spacial score (nSPS) is 12.5. The Kier molecular flexibility index (Phi) is 4.34. The molecule has 0 saturated heterocycles. The molecule has 3 aromatic heterocycles. The SMILES string of the molecule is CCS(=O)(=O)c1ccc(OC)nc1-c1ccn2nc(C(F)(F)F)cc2n1. The second-order valence-electron chi connectivity index (χ2n) is 5.25. The third-order valence-corrected chi connectivity index (χ3v) is 5.37. The summed E-state index contributed by atoms with van der Waals surface area (Å²) in [5.74, 6) is -0.0116. The molecule has 3 rings (SSSR count). The van der Waals surface area contributed by atoms with Gasteiger partial charge >= 0.3 is 6.18 Å². The average Bonchev–Trinajstić information content (AvgIpc) is 3.04. The summed E-state index contributed by atoms with van der Waals surface area (Å²) in [6.07, 6.45) is -3.35. The second-order valence-corrected chi connectivity index (χ2v) is 7.49. The van der Waals surface area contributed by atoms with E-state index in [1.165, 1.54) is 38.4 Å². The van der Waals surface area contributed by atoms with Gasteiger partial charge in [-0.2, -0.15) is 18.3 Å². The number of rotatable bonds is 4. The number of methoxy groups -OCH3 is 1. The molecule has 0 unspecified atom stereocenters. The molecule has 26 heavy (non-hydrogen) atoms. The summed E-state index contributed by atoms with van der Waals surface area (Å²) in [4.78, 5) is 8.13. The molecular formula is C15H13F3N4O3S. The van der Waals surface area contributed by atoms with Crippen LogP contribution in [-0.4, -0.2) is 40.9 Å². The lowest BCUT2D eigenvalue weighted by molar-refractivity contribution is -0.141. The fraction of sp³-hybridized carbons (Fsp3) is 0.267. The van der Waals surface area contributed by atoms with Crippen LogP contribution in [0.4, 0.5) is 13.2 Å². The number of alkyl halides is 3. The van der Waals surface area contributed by atoms with E-state index >= 15 is 0 Å². The third-order valence-electron chi connectivity index (χ3n) is 3.61. The van der Waals surface area contributed by atoms with E-state index in [1.54, 1.807) is 0 Å². The number of ether oxygens (including phenoxy) is 1. The molecule has 0 aromatic carbocycles. The molecule has 0 atom stereocenters. The van der Waals surface area contributed by atoms with E-state index < -0.39 is 21.7 Å². The average molecular weight is 386 g/mol. The number of hydrogen-bond donors (Lipinski definition) is 0. The number of sulfone groups is 1. The Bertz CT molecular complexity index is 1080. The van der Waals surface area contributed by atoms with E-state index in [4.69, 9.17) is 4.74 Å². The number of fused-ring (bicyclic) bond motifs is 1. The Morgan fingerprint density at radius 1 is 1.19 bits per heavy atom. The van der Waals surface area contributed by atoms with Gasteiger partial charge < -0.3 is 4.74 Å². The van der Waals surface area contributed by atoms with Crippen molar-refractivity contribution in [3.8, 4) is 17.3 Å². The standard InChI is InChI=1S/C15H13F3N4O3S/c1-3-26(23,24)10-4-5-13(25-2)20-14(10)9-6-7-22-12(19-9)8-11(21-22)15(16,17)18/h4-8H,3H2,1-2H3. The van der Waals surface area contributed by atoms with Gasteiger partial charge in [-0.05, 0) is 12.1 Å². The molecule has 11 heteroatoms. The van der Waals surface area contributed by atoms with Crippen LogP contribution in [0.1, 0.15) is 12.6 Å². The van der Waals surface area contributed by atoms with Crippen LogP contribution < -0.4 is 4.74 Å². The minimum absolute atomic E-state index is 0.00320. The molecule has 0 fully saturated rings. The highest BCUT2D eigenvalue weighted by molar-refractivity contribution is 7.91. The van der Waals surface area contributed by atoms with Crippen molar-refractivity contribution in [2.75, 3.05) is 12.9 Å². The Hall–Kier alpha value is -2.69. The first-order valence-electron chi connectivity index (χ1n) is 7.37. The maximum Gasteiger partial charge on any atom is 0.435 e. The minimum Gasteiger partial charge on any atom is -0.481 e. The van der Waals surface area contributed by atoms with Gasteiger partial charge in [-0.1, -0.05) is 6.92 Å². The van der Waals surface area contributed by atoms with Crippen LogP contribution >= 0.6 is 0 Å². The van der Waals surface area contributed by atoms with Crippen molar-refractivity contribution >= 4 is 15.5 Å². The van der Waals surface area contributed by atoms with E-state index in [1.807, 2.05) is 0 Å². The molecule has 3 aromatic rings. The smallest absolute Gasteiger partial charge is 0.435 e. The van der Waals surface area contributed by atoms with Crippen LogP contribution in [0.2, 0.25) is 0 Å². The van der Waals surface area contributed by atoms with Crippen LogP contribution in [0.3, 0.4) is 0 Å². The van der Waals surface area contributed by atoms with Gasteiger partial charge in [0.1, 0.15) is 5.69 Å². The summed E-state index contributed by atoms with van der Waals surface area (Å²) in [6, 6.07) is 4.85. The molecular weight excluding hydrogens is 373 g/mol. The molecule has 3 heterocycles. The monoisotopic (exact) mass is 386 g/mol. The van der Waals surface area contributed by atoms with Crippen molar-refractivity contribution in [3.05, 3.63) is 36.2 Å². The molecule has 0 spiro atoms. The molecule has 0 aliphatic carbocycles. The number of aromatic nitrogens is 4. The molecule has 0 bridgehead atoms. The van der Waals surface area contributed by atoms with Gasteiger partial charge in [0.25, 0.3) is 0 Å². The van der Waals surface area contributed by atoms with E-state index in [0.717, 1.165) is 10.6 Å². The van der Waals surface area contributed by atoms with Crippen LogP contribution in [-0.2, 0) is 16.0 Å². The fourth-order valence-electron chi connectivity index (χ4n) is 2.28. The van der Waals surface area contributed by atoms with Crippen LogP contribution in [0.25, 0.3) is 17.0 Å². The maximum absolute atomic E-state index is 12.8. The van der Waals surface area contributed by atoms with Gasteiger partial charge in [0.15, 0.2) is 21.2 Å². The third kappa shape index (κ3) is 3.21. The van der Waals surface area contributed by atoms with Gasteiger partial charge in [-0.15, -0.1) is 0 Å². The minimum atomic E-state index is -4.61. The fourth-order valence-corrected chi connectivity index (χ4v) is 3.31. The summed E-state index contributed by atoms with van der Waals surface area (Å²) in [5.41, 5.74) is -1.08. The highest BCUT2D eigenvalue weighted by Gasteiger charge is 2.34. The second kappa shape index (κ2) is 6.24. The number of halogens is 3. The van der Waals surface area contributed by atoms with Crippen LogP contribution in [0.5, 0.6) is 5.88 Å². The Balaban J connectivity index is 2.22. The number of nitrogens with zero attached hydrogens (tertiary/aromatic N) is 4. The van der Waals surface area contributed by atoms with Gasteiger partial charge in [0, 0.05) is 18.3 Å². The zero-order valence-corrected chi connectivity index (χ0v) is 14.5. The van der Waals surface area contributed by atoms with Crippen molar-refractivity contribution in [3.63, 3.8) is 0 Å². The lowest BCUT2D eigenvalue weighted by Crippen LogP contribution is -2.08. The Labute approximate surface area is 146 Å². The van der Waals surface area contributed by atoms with Crippen LogP contribution in [0, 0.1) is 0 Å². The topological polar surface area (TPSA) is 86.5 Å². The van der Waals surface area contributed by atoms with Crippen LogP contribution in [0.15, 0.2) is 35.4 Å². The zero-order chi connectivity index (χ0) is 19.1. The molecule has 0 aliphatic rings. The van der Waals surface area contributed by atoms with Crippen molar-refractivity contribution in [1.82, 2.24) is 19.6 Å². The van der Waals surface area contributed by atoms with E-state index in [9.17, 15) is 21.6 Å². The summed E-state index contributed by atoms with van der Waals surface area (Å²) in [5, 5.41) is 3.41. The first kappa shape index (κ1) is 18.1. The Morgan fingerprint density at radius 2 is 1.92 bits per heavy atom. The summed E-state index contributed by atoms with van der Waals surface area (Å²) < 4.78 is 69.0. The lowest BCUT2D eigenvalue weighted by atomic mass is 10.2. The van der Waals surface area contributed by atoms with Gasteiger partial charge in [-0.3, -0.25) is 0 Å². The summed E-state index contributed by atoms with van der Waals surface area (Å²) in [7, 11) is -2.27. The number of pyridine rings is 1. The van der Waals surface area contributed by atoms with Gasteiger partial charge in [0.05, 0.1) is 23.5 Å². The molecule has 0 saturated carbocycles. The molecule has 0 radical (unpaired) electrons. The van der Waals surface area contributed by atoms with Crippen molar-refractivity contribution in [2.45, 2.75) is 18.0 Å². The van der Waals surface area contributed by atoms with Crippen molar-refractivity contribution in [1.29, 1.82) is 0 Å².